The van der Waals surface area contributed by atoms with E-state index >= 15 is 0 Å². The fraction of sp³-hybridized carbons (Fsp3) is 0.448. The number of carbonyl (C=O) groups excluding carboxylic acids is 2. The SMILES string of the molecule is COc1cc2c(cc1OC)C(OC(=O)CCCC(=O)F)=C(CC1CCN(Cc3ccccc3)CC1)C2. The van der Waals surface area contributed by atoms with E-state index in [9.17, 15) is 14.0 Å². The molecule has 4 rings (SSSR count). The van der Waals surface area contributed by atoms with E-state index in [1.165, 1.54) is 5.56 Å². The number of carbonyl (C=O) groups is 2. The van der Waals surface area contributed by atoms with Crippen LogP contribution in [0, 0.1) is 5.92 Å². The van der Waals surface area contributed by atoms with Gasteiger partial charge in [-0.1, -0.05) is 30.3 Å². The zero-order valence-electron chi connectivity index (χ0n) is 21.1. The second-order valence-electron chi connectivity index (χ2n) is 9.57. The van der Waals surface area contributed by atoms with Crippen LogP contribution in [0.3, 0.4) is 0 Å². The van der Waals surface area contributed by atoms with E-state index in [0.29, 0.717) is 29.6 Å². The molecule has 0 radical (unpaired) electrons. The first kappa shape index (κ1) is 25.9. The monoisotopic (exact) mass is 495 g/mol. The van der Waals surface area contributed by atoms with Crippen LogP contribution in [-0.2, 0) is 27.3 Å². The molecule has 1 fully saturated rings. The fourth-order valence-electron chi connectivity index (χ4n) is 5.15. The molecular formula is C29H34FNO5. The standard InChI is InChI=1S/C29H34FNO5/c1-34-25-17-22-16-23(15-20-11-13-31(14-12-20)19-21-7-4-3-5-8-21)29(24(22)18-26(25)35-2)36-28(33)10-6-9-27(30)32/h3-5,7-8,17-18,20H,6,9-16,19H2,1-2H3. The first-order valence-corrected chi connectivity index (χ1v) is 12.6. The Morgan fingerprint density at radius 3 is 2.36 bits per heavy atom. The summed E-state index contributed by atoms with van der Waals surface area (Å²) in [6.07, 6.45) is 3.56. The number of allylic oxidation sites excluding steroid dienone is 1. The predicted octanol–water partition coefficient (Wildman–Crippen LogP) is 5.48. The number of likely N-dealkylation sites (tertiary alicyclic amines) is 1. The summed E-state index contributed by atoms with van der Waals surface area (Å²) in [6, 6.07) is 12.9. The molecule has 0 amide bonds. The second-order valence-corrected chi connectivity index (χ2v) is 9.57. The number of fused-ring (bicyclic) bond motifs is 1. The van der Waals surface area contributed by atoms with Crippen molar-refractivity contribution < 1.29 is 28.2 Å². The Hall–Kier alpha value is -3.19. The average Bonchev–Trinajstić information content (AvgIpc) is 3.20. The number of ether oxygens (including phenoxy) is 3. The summed E-state index contributed by atoms with van der Waals surface area (Å²) < 4.78 is 29.4. The molecule has 192 valence electrons. The molecule has 36 heavy (non-hydrogen) atoms. The zero-order valence-corrected chi connectivity index (χ0v) is 21.1. The molecule has 2 aliphatic rings. The van der Waals surface area contributed by atoms with E-state index in [1.807, 2.05) is 18.2 Å². The molecule has 0 atom stereocenters. The van der Waals surface area contributed by atoms with Crippen molar-refractivity contribution in [2.75, 3.05) is 27.3 Å². The molecule has 1 saturated heterocycles. The van der Waals surface area contributed by atoms with Crippen LogP contribution in [0.2, 0.25) is 0 Å². The fourth-order valence-corrected chi connectivity index (χ4v) is 5.15. The highest BCUT2D eigenvalue weighted by Crippen LogP contribution is 2.43. The molecule has 0 aromatic heterocycles. The summed E-state index contributed by atoms with van der Waals surface area (Å²) in [5.41, 5.74) is 4.29. The van der Waals surface area contributed by atoms with Gasteiger partial charge in [-0.3, -0.25) is 14.5 Å². The number of rotatable bonds is 11. The second kappa shape index (κ2) is 12.2. The average molecular weight is 496 g/mol. The molecule has 0 N–H and O–H groups in total. The van der Waals surface area contributed by atoms with Gasteiger partial charge in [0.05, 0.1) is 14.2 Å². The van der Waals surface area contributed by atoms with E-state index in [4.69, 9.17) is 14.2 Å². The largest absolute Gasteiger partial charge is 0.493 e. The summed E-state index contributed by atoms with van der Waals surface area (Å²) in [6.45, 7) is 3.03. The van der Waals surface area contributed by atoms with E-state index < -0.39 is 12.0 Å². The summed E-state index contributed by atoms with van der Waals surface area (Å²) in [5.74, 6) is 1.84. The lowest BCUT2D eigenvalue weighted by Crippen LogP contribution is -2.33. The van der Waals surface area contributed by atoms with Crippen LogP contribution in [0.25, 0.3) is 5.76 Å². The lowest BCUT2D eigenvalue weighted by molar-refractivity contribution is -0.137. The maximum Gasteiger partial charge on any atom is 0.311 e. The van der Waals surface area contributed by atoms with Crippen molar-refractivity contribution in [1.29, 1.82) is 0 Å². The Morgan fingerprint density at radius 2 is 1.69 bits per heavy atom. The number of benzene rings is 2. The molecule has 1 aliphatic heterocycles. The molecule has 0 unspecified atom stereocenters. The highest BCUT2D eigenvalue weighted by Gasteiger charge is 2.30. The number of piperidine rings is 1. The van der Waals surface area contributed by atoms with Gasteiger partial charge in [0, 0.05) is 24.9 Å². The van der Waals surface area contributed by atoms with Gasteiger partial charge in [0.15, 0.2) is 11.5 Å². The van der Waals surface area contributed by atoms with Crippen molar-refractivity contribution >= 4 is 17.8 Å². The van der Waals surface area contributed by atoms with Crippen molar-refractivity contribution in [1.82, 2.24) is 4.90 Å². The van der Waals surface area contributed by atoms with Crippen LogP contribution in [0.15, 0.2) is 48.0 Å². The van der Waals surface area contributed by atoms with E-state index in [1.54, 1.807) is 14.2 Å². The zero-order chi connectivity index (χ0) is 25.5. The Morgan fingerprint density at radius 1 is 1.00 bits per heavy atom. The van der Waals surface area contributed by atoms with Gasteiger partial charge in [0.1, 0.15) is 5.76 Å². The van der Waals surface area contributed by atoms with Crippen molar-refractivity contribution in [2.24, 2.45) is 5.92 Å². The maximum absolute atomic E-state index is 12.6. The topological polar surface area (TPSA) is 65.1 Å². The van der Waals surface area contributed by atoms with Crippen molar-refractivity contribution in [3.05, 3.63) is 64.7 Å². The van der Waals surface area contributed by atoms with E-state index in [0.717, 1.165) is 55.6 Å². The Kier molecular flexibility index (Phi) is 8.75. The molecule has 1 aliphatic carbocycles. The third-order valence-corrected chi connectivity index (χ3v) is 7.04. The molecule has 7 heteroatoms. The summed E-state index contributed by atoms with van der Waals surface area (Å²) in [4.78, 5) is 25.7. The third-order valence-electron chi connectivity index (χ3n) is 7.04. The Labute approximate surface area is 212 Å². The number of methoxy groups -OCH3 is 2. The van der Waals surface area contributed by atoms with Crippen LogP contribution < -0.4 is 9.47 Å². The molecule has 1 heterocycles. The normalized spacial score (nSPS) is 16.1. The van der Waals surface area contributed by atoms with Crippen molar-refractivity contribution in [2.45, 2.75) is 51.5 Å². The van der Waals surface area contributed by atoms with Gasteiger partial charge in [-0.25, -0.2) is 0 Å². The molecule has 0 saturated carbocycles. The van der Waals surface area contributed by atoms with Crippen LogP contribution in [-0.4, -0.2) is 44.2 Å². The highest BCUT2D eigenvalue weighted by molar-refractivity contribution is 5.83. The van der Waals surface area contributed by atoms with Crippen LogP contribution >= 0.6 is 0 Å². The van der Waals surface area contributed by atoms with E-state index in [-0.39, 0.29) is 19.3 Å². The van der Waals surface area contributed by atoms with Gasteiger partial charge >= 0.3 is 12.0 Å². The van der Waals surface area contributed by atoms with Gasteiger partial charge < -0.3 is 14.2 Å². The number of esters is 1. The number of halogens is 1. The van der Waals surface area contributed by atoms with Gasteiger partial charge in [-0.15, -0.1) is 0 Å². The third kappa shape index (κ3) is 6.52. The molecule has 0 bridgehead atoms. The number of hydrogen-bond acceptors (Lipinski definition) is 6. The summed E-state index contributed by atoms with van der Waals surface area (Å²) >= 11 is 0. The summed E-state index contributed by atoms with van der Waals surface area (Å²) in [5, 5.41) is 0. The molecular weight excluding hydrogens is 461 g/mol. The predicted molar refractivity (Wildman–Crippen MR) is 135 cm³/mol. The number of nitrogens with zero attached hydrogens (tertiary/aromatic N) is 1. The molecule has 2 aromatic rings. The van der Waals surface area contributed by atoms with E-state index in [2.05, 4.69) is 29.2 Å². The van der Waals surface area contributed by atoms with Gasteiger partial charge in [-0.2, -0.15) is 4.39 Å². The lowest BCUT2D eigenvalue weighted by Gasteiger charge is -2.32. The minimum atomic E-state index is -1.41. The van der Waals surface area contributed by atoms with Crippen LogP contribution in [0.5, 0.6) is 11.5 Å². The van der Waals surface area contributed by atoms with Crippen molar-refractivity contribution in [3.8, 4) is 11.5 Å². The van der Waals surface area contributed by atoms with Crippen LogP contribution in [0.4, 0.5) is 4.39 Å². The van der Waals surface area contributed by atoms with Gasteiger partial charge in [0.25, 0.3) is 0 Å². The first-order chi connectivity index (χ1) is 17.5. The van der Waals surface area contributed by atoms with Gasteiger partial charge in [-0.05, 0) is 79.9 Å². The number of hydrogen-bond donors (Lipinski definition) is 0. The lowest BCUT2D eigenvalue weighted by atomic mass is 9.89. The Bertz CT molecular complexity index is 1110. The van der Waals surface area contributed by atoms with Crippen LogP contribution in [0.1, 0.15) is 55.2 Å². The molecule has 0 spiro atoms. The molecule has 2 aromatic carbocycles. The minimum Gasteiger partial charge on any atom is -0.493 e. The smallest absolute Gasteiger partial charge is 0.311 e. The quantitative estimate of drug-likeness (QED) is 0.304. The first-order valence-electron chi connectivity index (χ1n) is 12.6. The highest BCUT2D eigenvalue weighted by atomic mass is 19.1. The Balaban J connectivity index is 1.46. The van der Waals surface area contributed by atoms with Gasteiger partial charge in [0.2, 0.25) is 0 Å². The maximum atomic E-state index is 12.6. The summed E-state index contributed by atoms with van der Waals surface area (Å²) in [7, 11) is 3.18. The minimum absolute atomic E-state index is 0.00701. The molecule has 6 nitrogen and oxygen atoms in total. The van der Waals surface area contributed by atoms with Crippen molar-refractivity contribution in [3.63, 3.8) is 0 Å².